The van der Waals surface area contributed by atoms with Gasteiger partial charge in [-0.3, -0.25) is 0 Å². The average molecular weight is 327 g/mol. The molecule has 0 saturated carbocycles. The van der Waals surface area contributed by atoms with E-state index in [-0.39, 0.29) is 0 Å². The Labute approximate surface area is 132 Å². The van der Waals surface area contributed by atoms with Gasteiger partial charge < -0.3 is 0 Å². The van der Waals surface area contributed by atoms with Crippen molar-refractivity contribution in [3.05, 3.63) is 0 Å². The molecule has 0 unspecified atom stereocenters. The molecule has 20 heavy (non-hydrogen) atoms. The van der Waals surface area contributed by atoms with E-state index in [1.807, 2.05) is 0 Å². The first-order valence-corrected chi connectivity index (χ1v) is 10.7. The van der Waals surface area contributed by atoms with E-state index in [2.05, 4.69) is 74.8 Å². The summed E-state index contributed by atoms with van der Waals surface area (Å²) in [6.07, 6.45) is 4.76. The van der Waals surface area contributed by atoms with Gasteiger partial charge in [-0.25, -0.2) is 0 Å². The molecule has 0 aliphatic rings. The third-order valence-electron chi connectivity index (χ3n) is 4.09. The van der Waals surface area contributed by atoms with Gasteiger partial charge in [0.1, 0.15) is 0 Å². The van der Waals surface area contributed by atoms with Gasteiger partial charge in [-0.15, -0.1) is 0 Å². The molecule has 0 rings (SSSR count). The number of nitrogens with zero attached hydrogens (tertiary/aromatic N) is 4. The van der Waals surface area contributed by atoms with Gasteiger partial charge in [-0.05, 0) is 0 Å². The van der Waals surface area contributed by atoms with Crippen LogP contribution < -0.4 is 0 Å². The van der Waals surface area contributed by atoms with Crippen LogP contribution in [0.2, 0.25) is 0 Å². The summed E-state index contributed by atoms with van der Waals surface area (Å²) < 4.78 is 9.23. The van der Waals surface area contributed by atoms with Crippen LogP contribution in [-0.2, 0) is 0 Å². The van der Waals surface area contributed by atoms with Gasteiger partial charge in [0.05, 0.1) is 0 Å². The van der Waals surface area contributed by atoms with Crippen LogP contribution in [0.3, 0.4) is 0 Å². The van der Waals surface area contributed by atoms with E-state index in [1.54, 1.807) is 0 Å². The van der Waals surface area contributed by atoms with Crippen molar-refractivity contribution in [2.75, 3.05) is 55.4 Å². The number of unbranched alkanes of at least 4 members (excludes halogenated alkanes) is 2. The molecule has 0 atom stereocenters. The number of halogens is 1. The number of hydrogen-bond donors (Lipinski definition) is 0. The molecular formula is C14H36ClN4P. The maximum absolute atomic E-state index is 7.47. The number of hydrogen-bond acceptors (Lipinski definition) is 4. The zero-order chi connectivity index (χ0) is 16.0. The minimum atomic E-state index is -2.92. The Kier molecular flexibility index (Phi) is 8.49. The monoisotopic (exact) mass is 326 g/mol. The second-order valence-electron chi connectivity index (χ2n) is 6.04. The Morgan fingerprint density at radius 2 is 1.00 bits per heavy atom. The Morgan fingerprint density at radius 1 is 0.700 bits per heavy atom. The van der Waals surface area contributed by atoms with Gasteiger partial charge in [0.2, 0.25) is 0 Å². The van der Waals surface area contributed by atoms with E-state index < -0.39 is 6.56 Å². The molecule has 0 fully saturated rings. The molecule has 0 N–H and O–H groups in total. The van der Waals surface area contributed by atoms with E-state index in [0.717, 1.165) is 13.1 Å². The van der Waals surface area contributed by atoms with Crippen molar-refractivity contribution in [1.82, 2.24) is 18.7 Å². The van der Waals surface area contributed by atoms with Crippen LogP contribution in [0.15, 0.2) is 0 Å². The molecule has 0 amide bonds. The number of rotatable bonds is 10. The normalized spacial score (nSPS) is 15.3. The Bertz CT molecular complexity index is 252. The zero-order valence-electron chi connectivity index (χ0n) is 14.9. The molecule has 124 valence electrons. The Hall–Kier alpha value is 0.560. The molecule has 0 aromatic carbocycles. The second kappa shape index (κ2) is 8.26. The minimum absolute atomic E-state index is 1.05. The molecule has 0 aliphatic carbocycles. The third-order valence-corrected chi connectivity index (χ3v) is 13.0. The molecule has 0 spiro atoms. The van der Waals surface area contributed by atoms with E-state index in [1.165, 1.54) is 25.7 Å². The summed E-state index contributed by atoms with van der Waals surface area (Å²) >= 11 is 7.47. The van der Waals surface area contributed by atoms with E-state index in [4.69, 9.17) is 11.2 Å². The first kappa shape index (κ1) is 20.6. The van der Waals surface area contributed by atoms with Gasteiger partial charge in [-0.2, -0.15) is 0 Å². The molecule has 0 aromatic rings. The van der Waals surface area contributed by atoms with E-state index in [0.29, 0.717) is 0 Å². The van der Waals surface area contributed by atoms with Crippen molar-refractivity contribution in [2.45, 2.75) is 39.5 Å². The van der Waals surface area contributed by atoms with Crippen LogP contribution in [0.4, 0.5) is 0 Å². The summed E-state index contributed by atoms with van der Waals surface area (Å²) in [5.41, 5.74) is 0. The average Bonchev–Trinajstić information content (AvgIpc) is 2.37. The fraction of sp³-hybridized carbons (Fsp3) is 1.00. The van der Waals surface area contributed by atoms with Gasteiger partial charge in [-0.1, -0.05) is 0 Å². The quantitative estimate of drug-likeness (QED) is 0.564. The van der Waals surface area contributed by atoms with Crippen LogP contribution in [-0.4, -0.2) is 74.1 Å². The summed E-state index contributed by atoms with van der Waals surface area (Å²) in [4.78, 5) is 0. The summed E-state index contributed by atoms with van der Waals surface area (Å²) in [7, 11) is 12.6. The predicted octanol–water partition coefficient (Wildman–Crippen LogP) is 3.94. The Balaban J connectivity index is 5.73. The summed E-state index contributed by atoms with van der Waals surface area (Å²) in [6.45, 7) is 3.65. The molecule has 0 aliphatic heterocycles. The SMILES string of the molecule is CCCCN(CCCC)P(Cl)(N(C)C)(N(C)C)N(C)C. The van der Waals surface area contributed by atoms with Gasteiger partial charge in [0.25, 0.3) is 0 Å². The fourth-order valence-electron chi connectivity index (χ4n) is 2.97. The van der Waals surface area contributed by atoms with Crippen molar-refractivity contribution in [1.29, 1.82) is 0 Å². The molecule has 0 saturated heterocycles. The van der Waals surface area contributed by atoms with Crippen molar-refractivity contribution in [2.24, 2.45) is 0 Å². The standard InChI is InChI=1S/C14H36ClN4P/c1-9-11-13-19(14-12-10-2)20(15,16(3)4,17(5)6)18(7)8/h9-14H2,1-8H3. The molecule has 4 nitrogen and oxygen atoms in total. The molecule has 0 bridgehead atoms. The topological polar surface area (TPSA) is 13.0 Å². The van der Waals surface area contributed by atoms with Crippen molar-refractivity contribution in [3.63, 3.8) is 0 Å². The third kappa shape index (κ3) is 3.48. The van der Waals surface area contributed by atoms with Gasteiger partial charge in [0.15, 0.2) is 0 Å². The first-order valence-electron chi connectivity index (χ1n) is 7.70. The molecular weight excluding hydrogens is 291 g/mol. The van der Waals surface area contributed by atoms with Gasteiger partial charge in [0, 0.05) is 0 Å². The second-order valence-corrected chi connectivity index (χ2v) is 12.5. The van der Waals surface area contributed by atoms with Crippen LogP contribution in [0.25, 0.3) is 0 Å². The summed E-state index contributed by atoms with van der Waals surface area (Å²) in [5.74, 6) is 0. The molecule has 0 aromatic heterocycles. The van der Waals surface area contributed by atoms with Crippen LogP contribution >= 0.6 is 17.8 Å². The zero-order valence-corrected chi connectivity index (χ0v) is 16.5. The van der Waals surface area contributed by atoms with E-state index in [9.17, 15) is 0 Å². The molecule has 0 heterocycles. The Morgan fingerprint density at radius 3 is 1.20 bits per heavy atom. The summed E-state index contributed by atoms with van der Waals surface area (Å²) in [6, 6.07) is 0. The van der Waals surface area contributed by atoms with Crippen molar-refractivity contribution < 1.29 is 0 Å². The maximum atomic E-state index is 7.47. The fourth-order valence-corrected chi connectivity index (χ4v) is 8.06. The van der Waals surface area contributed by atoms with Crippen LogP contribution in [0.5, 0.6) is 0 Å². The molecule has 6 heteroatoms. The van der Waals surface area contributed by atoms with Crippen LogP contribution in [0.1, 0.15) is 39.5 Å². The molecule has 0 radical (unpaired) electrons. The van der Waals surface area contributed by atoms with E-state index >= 15 is 0 Å². The summed E-state index contributed by atoms with van der Waals surface area (Å²) in [5, 5.41) is 0. The first-order chi connectivity index (χ1) is 9.17. The van der Waals surface area contributed by atoms with Gasteiger partial charge >= 0.3 is 131 Å². The van der Waals surface area contributed by atoms with Crippen molar-refractivity contribution >= 4 is 17.8 Å². The predicted molar refractivity (Wildman–Crippen MR) is 95.2 cm³/mol. The van der Waals surface area contributed by atoms with Crippen LogP contribution in [0, 0.1) is 0 Å². The van der Waals surface area contributed by atoms with Crippen molar-refractivity contribution in [3.8, 4) is 0 Å².